The summed E-state index contributed by atoms with van der Waals surface area (Å²) in [5.41, 5.74) is 2.03. The van der Waals surface area contributed by atoms with E-state index in [-0.39, 0.29) is 12.0 Å². The normalized spacial score (nSPS) is 12.8. The van der Waals surface area contributed by atoms with Crippen molar-refractivity contribution in [1.82, 2.24) is 19.7 Å². The van der Waals surface area contributed by atoms with Crippen LogP contribution >= 0.6 is 0 Å². The van der Waals surface area contributed by atoms with Gasteiger partial charge in [0.05, 0.1) is 29.5 Å². The second-order valence-electron chi connectivity index (χ2n) is 6.92. The lowest BCUT2D eigenvalue weighted by molar-refractivity contribution is -0.156. The molecule has 8 heteroatoms. The second kappa shape index (κ2) is 8.06. The first kappa shape index (κ1) is 19.8. The van der Waals surface area contributed by atoms with E-state index < -0.39 is 24.3 Å². The monoisotopic (exact) mass is 410 g/mol. The van der Waals surface area contributed by atoms with Crippen LogP contribution in [0.3, 0.4) is 0 Å². The lowest BCUT2D eigenvalue weighted by atomic mass is 9.92. The molecule has 3 aromatic heterocycles. The van der Waals surface area contributed by atoms with Crippen molar-refractivity contribution in [2.75, 3.05) is 0 Å². The largest absolute Gasteiger partial charge is 0.396 e. The zero-order valence-corrected chi connectivity index (χ0v) is 15.8. The van der Waals surface area contributed by atoms with Crippen molar-refractivity contribution in [1.29, 1.82) is 0 Å². The first-order valence-electron chi connectivity index (χ1n) is 9.28. The summed E-state index contributed by atoms with van der Waals surface area (Å²) in [6, 6.07) is 12.8. The molecule has 0 saturated heterocycles. The zero-order chi connectivity index (χ0) is 21.1. The number of nitrogens with zero attached hydrogens (tertiary/aromatic N) is 4. The number of Topliss-reactive ketones (excluding diaryl/α,β-unsaturated/α-hetero) is 1. The summed E-state index contributed by atoms with van der Waals surface area (Å²) >= 11 is 0. The van der Waals surface area contributed by atoms with Crippen molar-refractivity contribution < 1.29 is 18.0 Å². The van der Waals surface area contributed by atoms with Crippen LogP contribution in [0.2, 0.25) is 0 Å². The molecular formula is C22H17F3N4O. The summed E-state index contributed by atoms with van der Waals surface area (Å²) in [5, 5.41) is 5.07. The van der Waals surface area contributed by atoms with Gasteiger partial charge in [-0.3, -0.25) is 14.8 Å². The lowest BCUT2D eigenvalue weighted by Gasteiger charge is -2.20. The first-order chi connectivity index (χ1) is 14.4. The van der Waals surface area contributed by atoms with Crippen molar-refractivity contribution in [3.05, 3.63) is 84.6 Å². The summed E-state index contributed by atoms with van der Waals surface area (Å²) in [5.74, 6) is -2.35. The van der Waals surface area contributed by atoms with E-state index in [9.17, 15) is 18.0 Å². The number of fused-ring (bicyclic) bond motifs is 1. The van der Waals surface area contributed by atoms with Crippen molar-refractivity contribution >= 4 is 16.7 Å². The van der Waals surface area contributed by atoms with Crippen molar-refractivity contribution in [3.63, 3.8) is 0 Å². The summed E-state index contributed by atoms with van der Waals surface area (Å²) < 4.78 is 42.2. The summed E-state index contributed by atoms with van der Waals surface area (Å²) in [6.07, 6.45) is 1.21. The number of hydrogen-bond donors (Lipinski definition) is 0. The minimum Gasteiger partial charge on any atom is -0.299 e. The van der Waals surface area contributed by atoms with Gasteiger partial charge >= 0.3 is 6.18 Å². The number of ketones is 1. The number of pyridine rings is 2. The number of hydrogen-bond acceptors (Lipinski definition) is 4. The lowest BCUT2D eigenvalue weighted by Crippen LogP contribution is -2.24. The van der Waals surface area contributed by atoms with Gasteiger partial charge < -0.3 is 0 Å². The fourth-order valence-corrected chi connectivity index (χ4v) is 3.37. The predicted molar refractivity (Wildman–Crippen MR) is 105 cm³/mol. The quantitative estimate of drug-likeness (QED) is 0.464. The Balaban J connectivity index is 1.53. The van der Waals surface area contributed by atoms with E-state index in [1.165, 1.54) is 24.3 Å². The van der Waals surface area contributed by atoms with Gasteiger partial charge in [-0.25, -0.2) is 4.68 Å². The number of halogens is 3. The maximum Gasteiger partial charge on any atom is 0.396 e. The SMILES string of the molecule is O=C(Cc1cc2cnn(-c3ccncc3)c2cn1)C[C@@H](c1ccccc1)C(F)(F)F. The van der Waals surface area contributed by atoms with Crippen LogP contribution in [0.4, 0.5) is 13.2 Å². The van der Waals surface area contributed by atoms with E-state index in [0.29, 0.717) is 5.69 Å². The smallest absolute Gasteiger partial charge is 0.299 e. The van der Waals surface area contributed by atoms with Crippen molar-refractivity contribution in [2.45, 2.75) is 24.9 Å². The Hall–Kier alpha value is -3.55. The van der Waals surface area contributed by atoms with Gasteiger partial charge in [0.25, 0.3) is 0 Å². The Bertz CT molecular complexity index is 1160. The fraction of sp³-hybridized carbons (Fsp3) is 0.182. The molecule has 0 aliphatic carbocycles. The number of aromatic nitrogens is 4. The van der Waals surface area contributed by atoms with Gasteiger partial charge in [0, 0.05) is 36.3 Å². The van der Waals surface area contributed by atoms with E-state index in [4.69, 9.17) is 0 Å². The third-order valence-corrected chi connectivity index (χ3v) is 4.83. The maximum atomic E-state index is 13.5. The van der Waals surface area contributed by atoms with E-state index in [1.807, 2.05) is 0 Å². The molecule has 0 aliphatic rings. The molecule has 0 N–H and O–H groups in total. The molecule has 0 radical (unpaired) electrons. The van der Waals surface area contributed by atoms with Gasteiger partial charge in [-0.1, -0.05) is 30.3 Å². The third kappa shape index (κ3) is 4.22. The number of carbonyl (C=O) groups is 1. The van der Waals surface area contributed by atoms with Crippen LogP contribution < -0.4 is 0 Å². The Morgan fingerprint density at radius 1 is 1.03 bits per heavy atom. The van der Waals surface area contributed by atoms with Crippen LogP contribution in [0.15, 0.2) is 73.3 Å². The van der Waals surface area contributed by atoms with E-state index in [1.54, 1.807) is 53.7 Å². The van der Waals surface area contributed by atoms with Gasteiger partial charge in [-0.2, -0.15) is 18.3 Å². The number of alkyl halides is 3. The van der Waals surface area contributed by atoms with Gasteiger partial charge in [0.1, 0.15) is 5.78 Å². The summed E-state index contributed by atoms with van der Waals surface area (Å²) in [4.78, 5) is 20.7. The average molecular weight is 410 g/mol. The van der Waals surface area contributed by atoms with Gasteiger partial charge in [-0.15, -0.1) is 0 Å². The van der Waals surface area contributed by atoms with Crippen LogP contribution in [0.1, 0.15) is 23.6 Å². The molecule has 0 unspecified atom stereocenters. The molecule has 152 valence electrons. The summed E-state index contributed by atoms with van der Waals surface area (Å²) in [6.45, 7) is 0. The minimum absolute atomic E-state index is 0.0837. The zero-order valence-electron chi connectivity index (χ0n) is 15.8. The van der Waals surface area contributed by atoms with E-state index >= 15 is 0 Å². The molecule has 1 atom stereocenters. The Morgan fingerprint density at radius 2 is 1.77 bits per heavy atom. The molecule has 5 nitrogen and oxygen atoms in total. The number of rotatable bonds is 6. The highest BCUT2D eigenvalue weighted by Crippen LogP contribution is 2.37. The summed E-state index contributed by atoms with van der Waals surface area (Å²) in [7, 11) is 0. The average Bonchev–Trinajstić information content (AvgIpc) is 3.16. The Labute approximate surface area is 170 Å². The van der Waals surface area contributed by atoms with Crippen LogP contribution in [0.25, 0.3) is 16.6 Å². The van der Waals surface area contributed by atoms with Crippen LogP contribution in [0.5, 0.6) is 0 Å². The topological polar surface area (TPSA) is 60.7 Å². The van der Waals surface area contributed by atoms with Crippen LogP contribution in [-0.4, -0.2) is 31.7 Å². The highest BCUT2D eigenvalue weighted by atomic mass is 19.4. The number of benzene rings is 1. The maximum absolute atomic E-state index is 13.5. The predicted octanol–water partition coefficient (Wildman–Crippen LogP) is 4.66. The standard InChI is InChI=1S/C22H17F3N4O/c23-22(24,25)20(15-4-2-1-3-5-15)12-19(30)11-17-10-16-13-28-29(21(16)14-27-17)18-6-8-26-9-7-18/h1-10,13-14,20H,11-12H2/t20-/m0/s1. The van der Waals surface area contributed by atoms with E-state index in [0.717, 1.165) is 16.6 Å². The second-order valence-corrected chi connectivity index (χ2v) is 6.92. The van der Waals surface area contributed by atoms with Gasteiger partial charge in [0.15, 0.2) is 0 Å². The van der Waals surface area contributed by atoms with Crippen LogP contribution in [0, 0.1) is 0 Å². The molecule has 1 aromatic carbocycles. The molecule has 0 saturated carbocycles. The van der Waals surface area contributed by atoms with Gasteiger partial charge in [-0.05, 0) is 23.8 Å². The fourth-order valence-electron chi connectivity index (χ4n) is 3.37. The van der Waals surface area contributed by atoms with Crippen molar-refractivity contribution in [3.8, 4) is 5.69 Å². The van der Waals surface area contributed by atoms with Crippen LogP contribution in [-0.2, 0) is 11.2 Å². The van der Waals surface area contributed by atoms with E-state index in [2.05, 4.69) is 15.1 Å². The molecular weight excluding hydrogens is 393 g/mol. The molecule has 4 rings (SSSR count). The molecule has 0 aliphatic heterocycles. The van der Waals surface area contributed by atoms with Gasteiger partial charge in [0.2, 0.25) is 0 Å². The molecule has 0 fully saturated rings. The molecule has 0 bridgehead atoms. The molecule has 0 spiro atoms. The first-order valence-corrected chi connectivity index (χ1v) is 9.28. The molecule has 0 amide bonds. The Morgan fingerprint density at radius 3 is 2.47 bits per heavy atom. The molecule has 3 heterocycles. The third-order valence-electron chi connectivity index (χ3n) is 4.83. The number of carbonyl (C=O) groups excluding carboxylic acids is 1. The Kier molecular flexibility index (Phi) is 5.31. The molecule has 30 heavy (non-hydrogen) atoms. The highest BCUT2D eigenvalue weighted by molar-refractivity contribution is 5.84. The minimum atomic E-state index is -4.50. The highest BCUT2D eigenvalue weighted by Gasteiger charge is 2.41. The van der Waals surface area contributed by atoms with Crippen molar-refractivity contribution in [2.24, 2.45) is 0 Å². The molecule has 4 aromatic rings.